The van der Waals surface area contributed by atoms with E-state index in [4.69, 9.17) is 14.6 Å². The fraction of sp³-hybridized carbons (Fsp3) is 0.478. The number of rotatable bonds is 7. The van der Waals surface area contributed by atoms with E-state index in [1.807, 2.05) is 30.5 Å². The molecule has 0 bridgehead atoms. The molecule has 4 aromatic rings. The minimum atomic E-state index is -1.10. The summed E-state index contributed by atoms with van der Waals surface area (Å²) in [6.45, 7) is 3.92. The van der Waals surface area contributed by atoms with E-state index in [9.17, 15) is 4.39 Å². The summed E-state index contributed by atoms with van der Waals surface area (Å²) in [7, 11) is 3.76. The van der Waals surface area contributed by atoms with Crippen molar-refractivity contribution in [2.24, 2.45) is 0 Å². The maximum atomic E-state index is 13.6. The van der Waals surface area contributed by atoms with Gasteiger partial charge in [-0.25, -0.2) is 13.6 Å². The van der Waals surface area contributed by atoms with Crippen LogP contribution in [0.25, 0.3) is 27.7 Å². The number of aromatic nitrogens is 6. The number of likely N-dealkylation sites (tertiary alicyclic amines) is 1. The van der Waals surface area contributed by atoms with E-state index in [-0.39, 0.29) is 6.54 Å². The predicted molar refractivity (Wildman–Crippen MR) is 133 cm³/mol. The smallest absolute Gasteiger partial charge is 0.244 e. The van der Waals surface area contributed by atoms with Crippen molar-refractivity contribution in [3.8, 4) is 17.0 Å². The molecule has 2 aliphatic heterocycles. The first-order chi connectivity index (χ1) is 17.1. The first kappa shape index (κ1) is 22.6. The molecule has 2 aliphatic rings. The van der Waals surface area contributed by atoms with E-state index in [2.05, 4.69) is 34.8 Å². The van der Waals surface area contributed by atoms with Crippen LogP contribution in [0.3, 0.4) is 0 Å². The molecule has 10 nitrogen and oxygen atoms in total. The molecule has 0 aliphatic carbocycles. The molecule has 2 fully saturated rings. The normalized spacial score (nSPS) is 18.7. The first-order valence-electron chi connectivity index (χ1n) is 11.8. The Morgan fingerprint density at radius 2 is 2.09 bits per heavy atom. The monoisotopic (exact) mass is 498 g/mol. The van der Waals surface area contributed by atoms with Crippen molar-refractivity contribution in [1.82, 2.24) is 34.5 Å². The van der Waals surface area contributed by atoms with Crippen molar-refractivity contribution in [2.75, 3.05) is 38.7 Å². The van der Waals surface area contributed by atoms with E-state index >= 15 is 0 Å². The lowest BCUT2D eigenvalue weighted by Gasteiger charge is -2.41. The van der Waals surface area contributed by atoms with Crippen LogP contribution in [0.15, 0.2) is 30.5 Å². The third kappa shape index (κ3) is 4.32. The van der Waals surface area contributed by atoms with Crippen molar-refractivity contribution in [1.29, 1.82) is 0 Å². The first-order valence-corrected chi connectivity index (χ1v) is 12.5. The Morgan fingerprint density at radius 1 is 1.26 bits per heavy atom. The van der Waals surface area contributed by atoms with E-state index in [1.54, 1.807) is 16.3 Å². The second kappa shape index (κ2) is 9.29. The molecule has 3 aromatic heterocycles. The van der Waals surface area contributed by atoms with Crippen molar-refractivity contribution in [3.05, 3.63) is 30.5 Å². The summed E-state index contributed by atoms with van der Waals surface area (Å²) in [5.41, 5.74) is 4.10. The molecule has 1 N–H and O–H groups in total. The molecule has 1 aromatic carbocycles. The zero-order chi connectivity index (χ0) is 23.9. The highest BCUT2D eigenvalue weighted by molar-refractivity contribution is 7.17. The molecule has 5 heterocycles. The van der Waals surface area contributed by atoms with Gasteiger partial charge in [0.25, 0.3) is 0 Å². The van der Waals surface area contributed by atoms with Gasteiger partial charge in [0.15, 0.2) is 0 Å². The summed E-state index contributed by atoms with van der Waals surface area (Å²) < 4.78 is 28.0. The van der Waals surface area contributed by atoms with E-state index < -0.39 is 5.91 Å². The quantitative estimate of drug-likeness (QED) is 0.389. The van der Waals surface area contributed by atoms with Crippen LogP contribution in [0.4, 0.5) is 10.3 Å². The van der Waals surface area contributed by atoms with Gasteiger partial charge in [-0.2, -0.15) is 4.98 Å². The minimum Gasteiger partial charge on any atom is -0.479 e. The van der Waals surface area contributed by atoms with Gasteiger partial charge in [0.2, 0.25) is 11.8 Å². The average Bonchev–Trinajstić information content (AvgIpc) is 3.42. The third-order valence-corrected chi connectivity index (χ3v) is 7.06. The number of hydrogen-bond acceptors (Lipinski definition) is 8. The lowest BCUT2D eigenvalue weighted by Crippen LogP contribution is -2.53. The molecule has 6 rings (SSSR count). The lowest BCUT2D eigenvalue weighted by atomic mass is 10.0. The van der Waals surface area contributed by atoms with Gasteiger partial charge in [-0.05, 0) is 36.6 Å². The third-order valence-electron chi connectivity index (χ3n) is 6.84. The van der Waals surface area contributed by atoms with Gasteiger partial charge in [0.1, 0.15) is 16.9 Å². The molecule has 184 valence electrons. The van der Waals surface area contributed by atoms with Crippen molar-refractivity contribution in [2.45, 2.75) is 37.4 Å². The standard InChI is InChI=1S/C23H28FN8O2P/c1-33-22-21-17(14-2-3-18-19(10-14)32(29-27-18)11-20(24)35)6-9-31(21)28-23(26-22)25-15-4-7-30(8-5-15)16-12-34-13-16/h2-3,6,9-10,15-16,20H,4-5,7-8,11-13,35H2,1H3,(H,25,28)/t20-/m0/s1. The molecule has 35 heavy (non-hydrogen) atoms. The summed E-state index contributed by atoms with van der Waals surface area (Å²) in [5.74, 6) is -0.0566. The lowest BCUT2D eigenvalue weighted by molar-refractivity contribution is -0.0705. The van der Waals surface area contributed by atoms with Crippen LogP contribution in [0.5, 0.6) is 5.88 Å². The van der Waals surface area contributed by atoms with Gasteiger partial charge in [-0.3, -0.25) is 4.90 Å². The highest BCUT2D eigenvalue weighted by Gasteiger charge is 2.30. The van der Waals surface area contributed by atoms with Crippen LogP contribution in [0, 0.1) is 0 Å². The Hall–Kier alpha value is -2.88. The van der Waals surface area contributed by atoms with E-state index in [0.717, 1.165) is 61.3 Å². The molecule has 0 amide bonds. The number of ether oxygens (including phenoxy) is 2. The SMILES string of the molecule is COc1nc(NC2CCN(C3COC3)CC2)nn2ccc(-c3ccc4nnn(C[C@@H](F)P)c4c3)c12. The van der Waals surface area contributed by atoms with Crippen molar-refractivity contribution < 1.29 is 13.9 Å². The minimum absolute atomic E-state index is 0.121. The second-order valence-electron chi connectivity index (χ2n) is 9.10. The number of halogens is 1. The maximum absolute atomic E-state index is 13.6. The molecular formula is C23H28FN8O2P. The largest absolute Gasteiger partial charge is 0.479 e. The number of alkyl halides is 1. The number of benzene rings is 1. The van der Waals surface area contributed by atoms with Crippen LogP contribution in [-0.4, -0.2) is 85.9 Å². The van der Waals surface area contributed by atoms with Crippen LogP contribution >= 0.6 is 9.24 Å². The number of piperidine rings is 1. The fourth-order valence-electron chi connectivity index (χ4n) is 4.89. The average molecular weight is 499 g/mol. The van der Waals surface area contributed by atoms with E-state index in [1.165, 1.54) is 0 Å². The molecule has 0 radical (unpaired) electrons. The Bertz CT molecular complexity index is 1350. The zero-order valence-electron chi connectivity index (χ0n) is 19.5. The van der Waals surface area contributed by atoms with Crippen LogP contribution in [0.1, 0.15) is 12.8 Å². The van der Waals surface area contributed by atoms with Gasteiger partial charge >= 0.3 is 0 Å². The van der Waals surface area contributed by atoms with Crippen molar-refractivity contribution in [3.63, 3.8) is 0 Å². The van der Waals surface area contributed by atoms with Crippen LogP contribution < -0.4 is 10.1 Å². The maximum Gasteiger partial charge on any atom is 0.244 e. The Balaban J connectivity index is 1.27. The zero-order valence-corrected chi connectivity index (χ0v) is 20.6. The van der Waals surface area contributed by atoms with Gasteiger partial charge in [-0.1, -0.05) is 20.5 Å². The number of nitrogens with zero attached hydrogens (tertiary/aromatic N) is 7. The number of hydrogen-bond donors (Lipinski definition) is 1. The summed E-state index contributed by atoms with van der Waals surface area (Å²) in [6.07, 6.45) is 3.98. The van der Waals surface area contributed by atoms with Crippen LogP contribution in [0.2, 0.25) is 0 Å². The predicted octanol–water partition coefficient (Wildman–Crippen LogP) is 2.60. The van der Waals surface area contributed by atoms with Gasteiger partial charge in [0, 0.05) is 30.9 Å². The van der Waals surface area contributed by atoms with Crippen LogP contribution in [-0.2, 0) is 11.3 Å². The molecule has 1 unspecified atom stereocenters. The van der Waals surface area contributed by atoms with E-state index in [0.29, 0.717) is 29.4 Å². The highest BCUT2D eigenvalue weighted by Crippen LogP contribution is 2.33. The van der Waals surface area contributed by atoms with Gasteiger partial charge in [0.05, 0.1) is 38.4 Å². The highest BCUT2D eigenvalue weighted by atomic mass is 31.0. The van der Waals surface area contributed by atoms with Gasteiger partial charge in [-0.15, -0.1) is 10.2 Å². The second-order valence-corrected chi connectivity index (χ2v) is 9.83. The Labute approximate surface area is 204 Å². The van der Waals surface area contributed by atoms with Crippen molar-refractivity contribution >= 4 is 31.7 Å². The number of anilines is 1. The summed E-state index contributed by atoms with van der Waals surface area (Å²) in [6, 6.07) is 8.70. The molecule has 2 saturated heterocycles. The summed E-state index contributed by atoms with van der Waals surface area (Å²) >= 11 is 0. The summed E-state index contributed by atoms with van der Waals surface area (Å²) in [4.78, 5) is 7.19. The summed E-state index contributed by atoms with van der Waals surface area (Å²) in [5, 5.41) is 16.4. The number of methoxy groups -OCH3 is 1. The molecule has 2 atom stereocenters. The number of nitrogens with one attached hydrogen (secondary N) is 1. The Morgan fingerprint density at radius 3 is 2.80 bits per heavy atom. The number of fused-ring (bicyclic) bond motifs is 2. The fourth-order valence-corrected chi connectivity index (χ4v) is 5.09. The molecular weight excluding hydrogens is 470 g/mol. The molecule has 0 saturated carbocycles. The molecule has 12 heteroatoms. The topological polar surface area (TPSA) is 94.6 Å². The van der Waals surface area contributed by atoms with Gasteiger partial charge < -0.3 is 14.8 Å². The molecule has 0 spiro atoms. The Kier molecular flexibility index (Phi) is 5.99.